The van der Waals surface area contributed by atoms with Gasteiger partial charge in [-0.2, -0.15) is 0 Å². The van der Waals surface area contributed by atoms with E-state index in [0.29, 0.717) is 22.6 Å². The molecule has 0 saturated heterocycles. The van der Waals surface area contributed by atoms with Gasteiger partial charge in [0.1, 0.15) is 23.6 Å². The average Bonchev–Trinajstić information content (AvgIpc) is 2.34. The summed E-state index contributed by atoms with van der Waals surface area (Å²) in [6, 6.07) is 11.4. The topological polar surface area (TPSA) is 26.3 Å². The Labute approximate surface area is 98.7 Å². The molecule has 86 valence electrons. The van der Waals surface area contributed by atoms with Gasteiger partial charge in [-0.3, -0.25) is 4.79 Å². The molecule has 0 unspecified atom stereocenters. The standard InChI is InChI=1S/C14H11FO2/c1-10-5-6-13(8-14(10)15)17-12-4-2-3-11(7-12)9-16/h2-9H,1H3. The third kappa shape index (κ3) is 2.69. The van der Waals surface area contributed by atoms with E-state index in [1.165, 1.54) is 6.07 Å². The number of carbonyl (C=O) groups is 1. The van der Waals surface area contributed by atoms with E-state index in [0.717, 1.165) is 6.29 Å². The number of hydrogen-bond acceptors (Lipinski definition) is 2. The Morgan fingerprint density at radius 3 is 2.59 bits per heavy atom. The predicted molar refractivity (Wildman–Crippen MR) is 63.0 cm³/mol. The molecular weight excluding hydrogens is 219 g/mol. The lowest BCUT2D eigenvalue weighted by atomic mass is 10.2. The minimum atomic E-state index is -0.311. The van der Waals surface area contributed by atoms with Crippen LogP contribution in [-0.2, 0) is 0 Å². The molecule has 2 aromatic rings. The van der Waals surface area contributed by atoms with Gasteiger partial charge in [-0.05, 0) is 30.7 Å². The van der Waals surface area contributed by atoms with Crippen molar-refractivity contribution in [3.8, 4) is 11.5 Å². The highest BCUT2D eigenvalue weighted by molar-refractivity contribution is 5.75. The molecule has 0 bridgehead atoms. The number of aldehydes is 1. The van der Waals surface area contributed by atoms with E-state index in [9.17, 15) is 9.18 Å². The van der Waals surface area contributed by atoms with Crippen molar-refractivity contribution in [2.75, 3.05) is 0 Å². The van der Waals surface area contributed by atoms with Gasteiger partial charge in [-0.25, -0.2) is 4.39 Å². The summed E-state index contributed by atoms with van der Waals surface area (Å²) in [5.41, 5.74) is 1.09. The monoisotopic (exact) mass is 230 g/mol. The fourth-order valence-corrected chi connectivity index (χ4v) is 1.42. The minimum Gasteiger partial charge on any atom is -0.457 e. The van der Waals surface area contributed by atoms with Crippen molar-refractivity contribution in [1.29, 1.82) is 0 Å². The number of halogens is 1. The van der Waals surface area contributed by atoms with Gasteiger partial charge < -0.3 is 4.74 Å². The van der Waals surface area contributed by atoms with Crippen molar-refractivity contribution in [2.24, 2.45) is 0 Å². The van der Waals surface area contributed by atoms with Crippen molar-refractivity contribution < 1.29 is 13.9 Å². The van der Waals surface area contributed by atoms with Gasteiger partial charge >= 0.3 is 0 Å². The summed E-state index contributed by atoms with van der Waals surface area (Å²) >= 11 is 0. The van der Waals surface area contributed by atoms with E-state index in [2.05, 4.69) is 0 Å². The van der Waals surface area contributed by atoms with Gasteiger partial charge in [0.05, 0.1) is 0 Å². The van der Waals surface area contributed by atoms with Crippen LogP contribution < -0.4 is 4.74 Å². The van der Waals surface area contributed by atoms with Crippen LogP contribution in [0.15, 0.2) is 42.5 Å². The summed E-state index contributed by atoms with van der Waals surface area (Å²) in [6.45, 7) is 1.69. The first-order valence-electron chi connectivity index (χ1n) is 5.18. The summed E-state index contributed by atoms with van der Waals surface area (Å²) in [5.74, 6) is 0.614. The second-order valence-corrected chi connectivity index (χ2v) is 3.70. The molecule has 0 radical (unpaired) electrons. The van der Waals surface area contributed by atoms with Gasteiger partial charge in [0, 0.05) is 11.6 Å². The Morgan fingerprint density at radius 1 is 1.12 bits per heavy atom. The number of hydrogen-bond donors (Lipinski definition) is 0. The maximum Gasteiger partial charge on any atom is 0.150 e. The Hall–Kier alpha value is -2.16. The lowest BCUT2D eigenvalue weighted by Gasteiger charge is -2.06. The molecule has 0 N–H and O–H groups in total. The van der Waals surface area contributed by atoms with Crippen LogP contribution in [0.2, 0.25) is 0 Å². The van der Waals surface area contributed by atoms with Gasteiger partial charge in [0.15, 0.2) is 0 Å². The normalized spacial score (nSPS) is 10.0. The SMILES string of the molecule is Cc1ccc(Oc2cccc(C=O)c2)cc1F. The zero-order valence-electron chi connectivity index (χ0n) is 9.31. The van der Waals surface area contributed by atoms with Crippen LogP contribution in [0.25, 0.3) is 0 Å². The van der Waals surface area contributed by atoms with E-state index in [1.807, 2.05) is 0 Å². The van der Waals surface area contributed by atoms with Crippen LogP contribution in [0, 0.1) is 12.7 Å². The van der Waals surface area contributed by atoms with Crippen molar-refractivity contribution in [2.45, 2.75) is 6.92 Å². The highest BCUT2D eigenvalue weighted by Gasteiger charge is 2.02. The number of rotatable bonds is 3. The van der Waals surface area contributed by atoms with Crippen LogP contribution in [-0.4, -0.2) is 6.29 Å². The number of benzene rings is 2. The van der Waals surface area contributed by atoms with Gasteiger partial charge in [0.25, 0.3) is 0 Å². The molecule has 0 spiro atoms. The first-order valence-corrected chi connectivity index (χ1v) is 5.18. The molecule has 2 rings (SSSR count). The van der Waals surface area contributed by atoms with Crippen molar-refractivity contribution in [1.82, 2.24) is 0 Å². The summed E-state index contributed by atoms with van der Waals surface area (Å²) < 4.78 is 18.7. The molecule has 0 heterocycles. The summed E-state index contributed by atoms with van der Waals surface area (Å²) in [6.07, 6.45) is 0.739. The molecule has 0 saturated carbocycles. The van der Waals surface area contributed by atoms with E-state index in [4.69, 9.17) is 4.74 Å². The molecule has 0 aromatic heterocycles. The van der Waals surface area contributed by atoms with E-state index >= 15 is 0 Å². The molecule has 0 atom stereocenters. The average molecular weight is 230 g/mol. The number of ether oxygens (including phenoxy) is 1. The lowest BCUT2D eigenvalue weighted by molar-refractivity contribution is 0.112. The Balaban J connectivity index is 2.24. The fourth-order valence-electron chi connectivity index (χ4n) is 1.42. The lowest BCUT2D eigenvalue weighted by Crippen LogP contribution is -1.88. The van der Waals surface area contributed by atoms with Gasteiger partial charge in [-0.15, -0.1) is 0 Å². The minimum absolute atomic E-state index is 0.311. The van der Waals surface area contributed by atoms with Crippen molar-refractivity contribution in [3.63, 3.8) is 0 Å². The molecule has 17 heavy (non-hydrogen) atoms. The maximum absolute atomic E-state index is 13.3. The molecule has 3 heteroatoms. The molecule has 0 amide bonds. The first kappa shape index (κ1) is 11.3. The summed E-state index contributed by atoms with van der Waals surface area (Å²) in [7, 11) is 0. The van der Waals surface area contributed by atoms with Crippen LogP contribution >= 0.6 is 0 Å². The Bertz CT molecular complexity index is 550. The second-order valence-electron chi connectivity index (χ2n) is 3.70. The highest BCUT2D eigenvalue weighted by atomic mass is 19.1. The molecule has 2 nitrogen and oxygen atoms in total. The first-order chi connectivity index (χ1) is 8.19. The zero-order chi connectivity index (χ0) is 12.3. The summed E-state index contributed by atoms with van der Waals surface area (Å²) in [5, 5.41) is 0. The molecule has 0 fully saturated rings. The third-order valence-electron chi connectivity index (χ3n) is 2.37. The van der Waals surface area contributed by atoms with E-state index < -0.39 is 0 Å². The zero-order valence-corrected chi connectivity index (χ0v) is 9.31. The Morgan fingerprint density at radius 2 is 1.88 bits per heavy atom. The van der Waals surface area contributed by atoms with E-state index in [1.54, 1.807) is 43.3 Å². The quantitative estimate of drug-likeness (QED) is 0.751. The summed E-state index contributed by atoms with van der Waals surface area (Å²) in [4.78, 5) is 10.6. The number of aryl methyl sites for hydroxylation is 1. The van der Waals surface area contributed by atoms with Crippen LogP contribution in [0.1, 0.15) is 15.9 Å². The van der Waals surface area contributed by atoms with Crippen molar-refractivity contribution in [3.05, 3.63) is 59.4 Å². The predicted octanol–water partition coefficient (Wildman–Crippen LogP) is 3.74. The molecule has 0 aliphatic carbocycles. The number of carbonyl (C=O) groups excluding carboxylic acids is 1. The van der Waals surface area contributed by atoms with Crippen LogP contribution in [0.3, 0.4) is 0 Å². The molecule has 0 aliphatic heterocycles. The van der Waals surface area contributed by atoms with Crippen molar-refractivity contribution >= 4 is 6.29 Å². The van der Waals surface area contributed by atoms with E-state index in [-0.39, 0.29) is 5.82 Å². The molecule has 0 aliphatic rings. The van der Waals surface area contributed by atoms with Crippen LogP contribution in [0.5, 0.6) is 11.5 Å². The maximum atomic E-state index is 13.3. The Kier molecular flexibility index (Phi) is 3.19. The van der Waals surface area contributed by atoms with Crippen LogP contribution in [0.4, 0.5) is 4.39 Å². The third-order valence-corrected chi connectivity index (χ3v) is 2.37. The molecule has 2 aromatic carbocycles. The fraction of sp³-hybridized carbons (Fsp3) is 0.0714. The van der Waals surface area contributed by atoms with Gasteiger partial charge in [-0.1, -0.05) is 18.2 Å². The molecular formula is C14H11FO2. The largest absolute Gasteiger partial charge is 0.457 e. The second kappa shape index (κ2) is 4.78. The highest BCUT2D eigenvalue weighted by Crippen LogP contribution is 2.23. The smallest absolute Gasteiger partial charge is 0.150 e. The van der Waals surface area contributed by atoms with Gasteiger partial charge in [0.2, 0.25) is 0 Å².